The van der Waals surface area contributed by atoms with Crippen LogP contribution in [0.15, 0.2) is 109 Å². The first-order valence-corrected chi connectivity index (χ1v) is 21.0. The molecule has 2 aliphatic rings. The Kier molecular flexibility index (Phi) is 13.2. The summed E-state index contributed by atoms with van der Waals surface area (Å²) in [6.07, 6.45) is 12.1. The van der Waals surface area contributed by atoms with Crippen LogP contribution in [0.5, 0.6) is 0 Å². The molecule has 0 saturated heterocycles. The number of halogens is 2. The van der Waals surface area contributed by atoms with Crippen molar-refractivity contribution in [3.05, 3.63) is 142 Å². The summed E-state index contributed by atoms with van der Waals surface area (Å²) >= 11 is 12.3. The highest BCUT2D eigenvalue weighted by Gasteiger charge is 2.20. The van der Waals surface area contributed by atoms with Crippen LogP contribution in [0.25, 0.3) is 33.0 Å². The van der Waals surface area contributed by atoms with Crippen molar-refractivity contribution in [3.63, 3.8) is 0 Å². The Hall–Kier alpha value is -5.12. The zero-order chi connectivity index (χ0) is 40.8. The molecule has 8 nitrogen and oxygen atoms in total. The number of carbonyl (C=O) groups is 2. The lowest BCUT2D eigenvalue weighted by atomic mass is 9.97. The number of anilines is 2. The van der Waals surface area contributed by atoms with Gasteiger partial charge in [-0.1, -0.05) is 80.4 Å². The smallest absolute Gasteiger partial charge is 0.257 e. The Morgan fingerprint density at radius 2 is 1.19 bits per heavy atom. The molecular weight excluding hydrogens is 763 g/mol. The second-order valence-electron chi connectivity index (χ2n) is 15.7. The summed E-state index contributed by atoms with van der Waals surface area (Å²) in [5.41, 5.74) is 9.80. The van der Waals surface area contributed by atoms with Gasteiger partial charge in [0.15, 0.2) is 0 Å². The van der Waals surface area contributed by atoms with E-state index in [1.807, 2.05) is 60.7 Å². The summed E-state index contributed by atoms with van der Waals surface area (Å²) in [5.74, 6) is 0.281. The van der Waals surface area contributed by atoms with E-state index in [4.69, 9.17) is 23.2 Å². The molecule has 58 heavy (non-hydrogen) atoms. The van der Waals surface area contributed by atoms with Crippen molar-refractivity contribution < 1.29 is 9.59 Å². The predicted molar refractivity (Wildman–Crippen MR) is 243 cm³/mol. The van der Waals surface area contributed by atoms with E-state index in [1.165, 1.54) is 28.7 Å². The van der Waals surface area contributed by atoms with Gasteiger partial charge in [0.05, 0.1) is 21.2 Å². The second kappa shape index (κ2) is 18.6. The SMILES string of the molecule is CC(C)CN1CC=C(c2c[nH]c3ccc(NC(=O)c4ccccc4Cl)cc23)CC1.CCC(C)N1CC=C(c2c[nH]c3ccc(NC(=O)c4ccccc4Cl)cc23)CC1. The number of carbonyl (C=O) groups excluding carboxylic acids is 2. The van der Waals surface area contributed by atoms with Crippen molar-refractivity contribution in [3.8, 4) is 0 Å². The number of nitrogens with one attached hydrogen (secondary N) is 4. The van der Waals surface area contributed by atoms with Crippen molar-refractivity contribution in [2.45, 2.75) is 53.0 Å². The Morgan fingerprint density at radius 1 is 0.690 bits per heavy atom. The molecule has 0 aliphatic carbocycles. The average Bonchev–Trinajstić information content (AvgIpc) is 3.85. The molecular formula is C48H52Cl2N6O2. The molecule has 4 heterocycles. The standard InChI is InChI=1S/2C24H26ClN3O/c1-16(2)15-28-11-9-17(10-12-28)21-14-26-23-8-7-18(13-20(21)23)27-24(29)19-5-3-4-6-22(19)25;1-3-16(2)28-12-10-17(11-13-28)21-15-26-23-9-8-18(14-20(21)23)27-24(29)19-6-4-5-7-22(19)25/h3-9,13-14,16,26H,10-12,15H2,1-2H3,(H,27,29);4-10,14-16,26H,3,11-13H2,1-2H3,(H,27,29). The topological polar surface area (TPSA) is 96.3 Å². The fourth-order valence-electron chi connectivity index (χ4n) is 7.84. The van der Waals surface area contributed by atoms with Gasteiger partial charge in [0.25, 0.3) is 11.8 Å². The molecule has 300 valence electrons. The molecule has 8 rings (SSSR count). The van der Waals surface area contributed by atoms with Gasteiger partial charge in [-0.2, -0.15) is 0 Å². The molecule has 2 aliphatic heterocycles. The average molecular weight is 816 g/mol. The van der Waals surface area contributed by atoms with Crippen LogP contribution in [0.1, 0.15) is 78.8 Å². The molecule has 4 aromatic carbocycles. The Morgan fingerprint density at radius 3 is 1.62 bits per heavy atom. The lowest BCUT2D eigenvalue weighted by Crippen LogP contribution is -2.35. The summed E-state index contributed by atoms with van der Waals surface area (Å²) in [6, 6.07) is 26.7. The van der Waals surface area contributed by atoms with Crippen LogP contribution in [-0.2, 0) is 0 Å². The number of hydrogen-bond acceptors (Lipinski definition) is 4. The third-order valence-corrected chi connectivity index (χ3v) is 11.8. The number of nitrogens with zero attached hydrogens (tertiary/aromatic N) is 2. The van der Waals surface area contributed by atoms with Gasteiger partial charge >= 0.3 is 0 Å². The third kappa shape index (κ3) is 9.59. The highest BCUT2D eigenvalue weighted by atomic mass is 35.5. The van der Waals surface area contributed by atoms with Crippen LogP contribution in [0.4, 0.5) is 11.4 Å². The number of hydrogen-bond donors (Lipinski definition) is 4. The normalized spacial score (nSPS) is 15.4. The van der Waals surface area contributed by atoms with E-state index in [0.29, 0.717) is 33.1 Å². The minimum absolute atomic E-state index is 0.201. The first-order chi connectivity index (χ1) is 28.1. The molecule has 2 amide bonds. The van der Waals surface area contributed by atoms with E-state index in [9.17, 15) is 9.59 Å². The van der Waals surface area contributed by atoms with Crippen LogP contribution in [0.2, 0.25) is 10.0 Å². The number of H-pyrrole nitrogens is 2. The largest absolute Gasteiger partial charge is 0.361 e. The maximum Gasteiger partial charge on any atom is 0.257 e. The van der Waals surface area contributed by atoms with Gasteiger partial charge in [-0.15, -0.1) is 0 Å². The quantitative estimate of drug-likeness (QED) is 0.111. The van der Waals surface area contributed by atoms with E-state index in [1.54, 1.807) is 24.3 Å². The lowest BCUT2D eigenvalue weighted by Gasteiger charge is -2.31. The molecule has 6 aromatic rings. The minimum Gasteiger partial charge on any atom is -0.361 e. The molecule has 2 aromatic heterocycles. The van der Waals surface area contributed by atoms with Gasteiger partial charge < -0.3 is 20.6 Å². The van der Waals surface area contributed by atoms with E-state index >= 15 is 0 Å². The molecule has 0 radical (unpaired) electrons. The Bertz CT molecular complexity index is 2480. The van der Waals surface area contributed by atoms with Gasteiger partial charge in [0.1, 0.15) is 0 Å². The van der Waals surface area contributed by atoms with Crippen molar-refractivity contribution in [1.82, 2.24) is 19.8 Å². The second-order valence-corrected chi connectivity index (χ2v) is 16.5. The van der Waals surface area contributed by atoms with E-state index in [0.717, 1.165) is 78.7 Å². The number of rotatable bonds is 10. The summed E-state index contributed by atoms with van der Waals surface area (Å²) in [6.45, 7) is 14.3. The molecule has 1 atom stereocenters. The maximum atomic E-state index is 12.6. The zero-order valence-electron chi connectivity index (χ0n) is 33.7. The predicted octanol–water partition coefficient (Wildman–Crippen LogP) is 11.8. The Balaban J connectivity index is 0.000000177. The fraction of sp³-hybridized carbons (Fsp3) is 0.292. The molecule has 0 saturated carbocycles. The number of aromatic amines is 2. The molecule has 0 spiro atoms. The lowest BCUT2D eigenvalue weighted by molar-refractivity contribution is 0.101. The zero-order valence-corrected chi connectivity index (χ0v) is 35.2. The summed E-state index contributed by atoms with van der Waals surface area (Å²) in [5, 5.41) is 9.11. The number of amides is 2. The van der Waals surface area contributed by atoms with Crippen molar-refractivity contribution in [2.75, 3.05) is 43.4 Å². The van der Waals surface area contributed by atoms with Crippen LogP contribution in [-0.4, -0.2) is 70.3 Å². The van der Waals surface area contributed by atoms with Crippen LogP contribution < -0.4 is 10.6 Å². The van der Waals surface area contributed by atoms with Crippen molar-refractivity contribution in [2.24, 2.45) is 5.92 Å². The van der Waals surface area contributed by atoms with Crippen LogP contribution in [0, 0.1) is 5.92 Å². The third-order valence-electron chi connectivity index (χ3n) is 11.2. The molecule has 0 fully saturated rings. The molecule has 10 heteroatoms. The van der Waals surface area contributed by atoms with Gasteiger partial charge in [-0.25, -0.2) is 0 Å². The monoisotopic (exact) mass is 814 g/mol. The number of fused-ring (bicyclic) bond motifs is 2. The van der Waals surface area contributed by atoms with E-state index < -0.39 is 0 Å². The number of benzene rings is 4. The first-order valence-electron chi connectivity index (χ1n) is 20.3. The first kappa shape index (κ1) is 41.1. The van der Waals surface area contributed by atoms with Gasteiger partial charge in [-0.3, -0.25) is 19.4 Å². The van der Waals surface area contributed by atoms with E-state index in [2.05, 4.69) is 82.6 Å². The van der Waals surface area contributed by atoms with Crippen molar-refractivity contribution in [1.29, 1.82) is 0 Å². The highest BCUT2D eigenvalue weighted by molar-refractivity contribution is 6.35. The van der Waals surface area contributed by atoms with Gasteiger partial charge in [0, 0.05) is 95.5 Å². The summed E-state index contributed by atoms with van der Waals surface area (Å²) < 4.78 is 0. The minimum atomic E-state index is -0.201. The molecule has 1 unspecified atom stereocenters. The van der Waals surface area contributed by atoms with Crippen molar-refractivity contribution >= 4 is 79.3 Å². The maximum absolute atomic E-state index is 12.6. The van der Waals surface area contributed by atoms with Crippen LogP contribution in [0.3, 0.4) is 0 Å². The number of aromatic nitrogens is 2. The Labute approximate surface area is 351 Å². The summed E-state index contributed by atoms with van der Waals surface area (Å²) in [7, 11) is 0. The van der Waals surface area contributed by atoms with E-state index in [-0.39, 0.29) is 11.8 Å². The summed E-state index contributed by atoms with van der Waals surface area (Å²) in [4.78, 5) is 36.9. The molecule has 0 bridgehead atoms. The highest BCUT2D eigenvalue weighted by Crippen LogP contribution is 2.33. The van der Waals surface area contributed by atoms with Gasteiger partial charge in [0.2, 0.25) is 0 Å². The van der Waals surface area contributed by atoms with Crippen LogP contribution >= 0.6 is 23.2 Å². The van der Waals surface area contributed by atoms with Gasteiger partial charge in [-0.05, 0) is 104 Å². The molecule has 4 N–H and O–H groups in total. The fourth-order valence-corrected chi connectivity index (χ4v) is 8.28.